The molecule has 0 N–H and O–H groups in total. The maximum atomic E-state index is 11.3. The molecule has 6 heteroatoms. The van der Waals surface area contributed by atoms with Crippen molar-refractivity contribution in [1.82, 2.24) is 9.57 Å². The first-order chi connectivity index (χ1) is 5.66. The molecule has 2 amide bonds. The lowest BCUT2D eigenvalue weighted by atomic mass is 10.3. The molecule has 1 saturated heterocycles. The van der Waals surface area contributed by atoms with Crippen LogP contribution in [0.4, 0.5) is 4.79 Å². The molecule has 1 rings (SSSR count). The Balaban J connectivity index is 2.64. The quantitative estimate of drug-likeness (QED) is 0.607. The molecule has 1 heterocycles. The van der Waals surface area contributed by atoms with E-state index in [2.05, 4.69) is 4.52 Å². The highest BCUT2D eigenvalue weighted by Crippen LogP contribution is 2.30. The predicted octanol–water partition coefficient (Wildman–Crippen LogP) is 0.780. The summed E-state index contributed by atoms with van der Waals surface area (Å²) >= 11 is 0. The molecule has 1 atom stereocenters. The first kappa shape index (κ1) is 9.55. The third-order valence-corrected chi connectivity index (χ3v) is 3.03. The smallest absolute Gasteiger partial charge is 0.326 e. The molecule has 1 aliphatic rings. The van der Waals surface area contributed by atoms with Gasteiger partial charge in [0.25, 0.3) is 8.18 Å². The van der Waals surface area contributed by atoms with Gasteiger partial charge in [-0.2, -0.15) is 0 Å². The fraction of sp³-hybridized carbons (Fsp3) is 0.833. The number of carbonyl (C=O) groups is 1. The SMILES string of the molecule is CO[PH](=O)N1CCCN(C)C1=O. The third kappa shape index (κ3) is 1.79. The number of hydrogen-bond donors (Lipinski definition) is 0. The van der Waals surface area contributed by atoms with E-state index in [1.54, 1.807) is 11.9 Å². The Morgan fingerprint density at radius 1 is 1.50 bits per heavy atom. The minimum absolute atomic E-state index is 0.202. The summed E-state index contributed by atoms with van der Waals surface area (Å²) in [6.45, 7) is 1.27. The normalized spacial score (nSPS) is 21.3. The highest BCUT2D eigenvalue weighted by Gasteiger charge is 2.26. The van der Waals surface area contributed by atoms with E-state index in [0.717, 1.165) is 13.0 Å². The lowest BCUT2D eigenvalue weighted by molar-refractivity contribution is 0.167. The van der Waals surface area contributed by atoms with E-state index >= 15 is 0 Å². The number of carbonyl (C=O) groups excluding carboxylic acids is 1. The Kier molecular flexibility index (Phi) is 3.12. The molecule has 1 fully saturated rings. The molecule has 0 aromatic rings. The predicted molar refractivity (Wildman–Crippen MR) is 45.4 cm³/mol. The zero-order chi connectivity index (χ0) is 9.14. The van der Waals surface area contributed by atoms with Crippen LogP contribution in [0.1, 0.15) is 6.42 Å². The maximum Gasteiger partial charge on any atom is 0.326 e. The van der Waals surface area contributed by atoms with Gasteiger partial charge in [-0.3, -0.25) is 9.24 Å². The molecule has 0 aromatic heterocycles. The van der Waals surface area contributed by atoms with Crippen LogP contribution in [0.3, 0.4) is 0 Å². The number of urea groups is 1. The van der Waals surface area contributed by atoms with Crippen LogP contribution in [0, 0.1) is 0 Å². The topological polar surface area (TPSA) is 49.9 Å². The summed E-state index contributed by atoms with van der Waals surface area (Å²) in [4.78, 5) is 12.9. The zero-order valence-electron chi connectivity index (χ0n) is 7.24. The first-order valence-corrected chi connectivity index (χ1v) is 5.03. The van der Waals surface area contributed by atoms with Crippen molar-refractivity contribution in [2.75, 3.05) is 27.2 Å². The Hall–Kier alpha value is -0.540. The number of rotatable bonds is 2. The van der Waals surface area contributed by atoms with Gasteiger partial charge in [-0.15, -0.1) is 0 Å². The largest absolute Gasteiger partial charge is 0.327 e. The molecule has 5 nitrogen and oxygen atoms in total. The van der Waals surface area contributed by atoms with Gasteiger partial charge in [0.15, 0.2) is 0 Å². The van der Waals surface area contributed by atoms with E-state index in [4.69, 9.17) is 0 Å². The third-order valence-electron chi connectivity index (χ3n) is 1.83. The summed E-state index contributed by atoms with van der Waals surface area (Å²) in [5.74, 6) is 0. The molecule has 0 bridgehead atoms. The number of amides is 2. The van der Waals surface area contributed by atoms with E-state index in [0.29, 0.717) is 6.54 Å². The highest BCUT2D eigenvalue weighted by atomic mass is 31.1. The molecule has 0 spiro atoms. The van der Waals surface area contributed by atoms with Gasteiger partial charge in [-0.1, -0.05) is 0 Å². The van der Waals surface area contributed by atoms with Crippen LogP contribution in [-0.2, 0) is 9.09 Å². The first-order valence-electron chi connectivity index (χ1n) is 3.77. The summed E-state index contributed by atoms with van der Waals surface area (Å²) in [5.41, 5.74) is 0. The van der Waals surface area contributed by atoms with Crippen molar-refractivity contribution in [2.24, 2.45) is 0 Å². The Bertz CT molecular complexity index is 209. The van der Waals surface area contributed by atoms with Crippen molar-refractivity contribution in [3.8, 4) is 0 Å². The molecule has 0 saturated carbocycles. The van der Waals surface area contributed by atoms with Crippen LogP contribution in [0.15, 0.2) is 0 Å². The van der Waals surface area contributed by atoms with Crippen molar-refractivity contribution in [2.45, 2.75) is 6.42 Å². The van der Waals surface area contributed by atoms with Crippen molar-refractivity contribution < 1.29 is 13.9 Å². The fourth-order valence-corrected chi connectivity index (χ4v) is 2.03. The van der Waals surface area contributed by atoms with Gasteiger partial charge in [0.2, 0.25) is 0 Å². The summed E-state index contributed by atoms with van der Waals surface area (Å²) in [7, 11) is 0.726. The fourth-order valence-electron chi connectivity index (χ4n) is 1.14. The second kappa shape index (κ2) is 3.92. The minimum Gasteiger partial charge on any atom is -0.327 e. The van der Waals surface area contributed by atoms with E-state index < -0.39 is 8.18 Å². The molecule has 1 unspecified atom stereocenters. The van der Waals surface area contributed by atoms with Crippen molar-refractivity contribution >= 4 is 14.2 Å². The Morgan fingerprint density at radius 3 is 2.75 bits per heavy atom. The zero-order valence-corrected chi connectivity index (χ0v) is 8.24. The Labute approximate surface area is 72.2 Å². The average molecular weight is 192 g/mol. The van der Waals surface area contributed by atoms with Gasteiger partial charge in [0.1, 0.15) is 0 Å². The molecule has 1 aliphatic heterocycles. The van der Waals surface area contributed by atoms with Crippen LogP contribution >= 0.6 is 8.18 Å². The van der Waals surface area contributed by atoms with Crippen LogP contribution < -0.4 is 0 Å². The molecule has 12 heavy (non-hydrogen) atoms. The molecular weight excluding hydrogens is 179 g/mol. The standard InChI is InChI=1S/C6H13N2O3P/c1-7-4-3-5-8(6(7)9)12(10)11-2/h12H,3-5H2,1-2H3. The van der Waals surface area contributed by atoms with Gasteiger partial charge >= 0.3 is 6.03 Å². The van der Waals surface area contributed by atoms with Gasteiger partial charge < -0.3 is 9.42 Å². The molecule has 70 valence electrons. The molecule has 0 aromatic carbocycles. The van der Waals surface area contributed by atoms with Crippen LogP contribution in [0.25, 0.3) is 0 Å². The minimum atomic E-state index is -2.32. The second-order valence-electron chi connectivity index (χ2n) is 2.68. The van der Waals surface area contributed by atoms with E-state index in [1.807, 2.05) is 0 Å². The summed E-state index contributed by atoms with van der Waals surface area (Å²) in [5, 5.41) is 0. The van der Waals surface area contributed by atoms with Gasteiger partial charge in [-0.05, 0) is 6.42 Å². The van der Waals surface area contributed by atoms with Gasteiger partial charge in [0, 0.05) is 27.2 Å². The molecule has 0 aliphatic carbocycles. The van der Waals surface area contributed by atoms with E-state index in [-0.39, 0.29) is 6.03 Å². The van der Waals surface area contributed by atoms with Crippen LogP contribution in [0.5, 0.6) is 0 Å². The van der Waals surface area contributed by atoms with E-state index in [9.17, 15) is 9.36 Å². The van der Waals surface area contributed by atoms with Crippen molar-refractivity contribution in [1.29, 1.82) is 0 Å². The summed E-state index contributed by atoms with van der Waals surface area (Å²) in [6, 6.07) is -0.202. The highest BCUT2D eigenvalue weighted by molar-refractivity contribution is 7.37. The van der Waals surface area contributed by atoms with Crippen molar-refractivity contribution in [3.63, 3.8) is 0 Å². The molecular formula is C6H13N2O3P. The summed E-state index contributed by atoms with van der Waals surface area (Å²) < 4.78 is 17.1. The maximum absolute atomic E-state index is 11.3. The van der Waals surface area contributed by atoms with Gasteiger partial charge in [-0.25, -0.2) is 4.79 Å². The second-order valence-corrected chi connectivity index (χ2v) is 4.16. The number of nitrogens with zero attached hydrogens (tertiary/aromatic N) is 2. The van der Waals surface area contributed by atoms with E-state index in [1.165, 1.54) is 11.8 Å². The monoisotopic (exact) mass is 192 g/mol. The summed E-state index contributed by atoms with van der Waals surface area (Å²) in [6.07, 6.45) is 0.849. The van der Waals surface area contributed by atoms with Gasteiger partial charge in [0.05, 0.1) is 0 Å². The lowest BCUT2D eigenvalue weighted by Crippen LogP contribution is -2.43. The Morgan fingerprint density at radius 2 is 2.17 bits per heavy atom. The van der Waals surface area contributed by atoms with Crippen LogP contribution in [0.2, 0.25) is 0 Å². The average Bonchev–Trinajstić information content (AvgIpc) is 2.08. The molecule has 0 radical (unpaired) electrons. The number of hydrogen-bond acceptors (Lipinski definition) is 3. The van der Waals surface area contributed by atoms with Crippen LogP contribution in [-0.4, -0.2) is 42.8 Å². The van der Waals surface area contributed by atoms with Crippen molar-refractivity contribution in [3.05, 3.63) is 0 Å². The lowest BCUT2D eigenvalue weighted by Gasteiger charge is -2.31.